The van der Waals surface area contributed by atoms with Crippen LogP contribution in [0.2, 0.25) is 0 Å². The number of nitrogens with zero attached hydrogens (tertiary/aromatic N) is 7. The monoisotopic (exact) mass is 353 g/mol. The summed E-state index contributed by atoms with van der Waals surface area (Å²) < 4.78 is 3.68. The fourth-order valence-corrected chi connectivity index (χ4v) is 3.65. The van der Waals surface area contributed by atoms with Gasteiger partial charge in [0.25, 0.3) is 5.91 Å². The summed E-state index contributed by atoms with van der Waals surface area (Å²) >= 11 is 0. The minimum Gasteiger partial charge on any atom is -0.340 e. The Labute approximate surface area is 152 Å². The summed E-state index contributed by atoms with van der Waals surface area (Å²) in [5.74, 6) is 0.919. The molecular formula is C18H23N7O. The summed E-state index contributed by atoms with van der Waals surface area (Å²) in [6.07, 6.45) is 7.17. The molecule has 0 aromatic carbocycles. The van der Waals surface area contributed by atoms with Crippen molar-refractivity contribution in [2.75, 3.05) is 25.0 Å². The van der Waals surface area contributed by atoms with Gasteiger partial charge in [0.2, 0.25) is 5.95 Å². The summed E-state index contributed by atoms with van der Waals surface area (Å²) in [6.45, 7) is 1.70. The van der Waals surface area contributed by atoms with Gasteiger partial charge in [-0.25, -0.2) is 9.97 Å². The molecule has 1 aliphatic heterocycles. The summed E-state index contributed by atoms with van der Waals surface area (Å²) in [4.78, 5) is 26.0. The van der Waals surface area contributed by atoms with Crippen LogP contribution in [0.4, 0.5) is 5.95 Å². The van der Waals surface area contributed by atoms with Crippen molar-refractivity contribution in [3.8, 4) is 0 Å². The molecule has 0 N–H and O–H groups in total. The number of hydrogen-bond acceptors (Lipinski definition) is 5. The van der Waals surface area contributed by atoms with E-state index < -0.39 is 0 Å². The maximum absolute atomic E-state index is 12.7. The number of anilines is 1. The number of likely N-dealkylation sites (N-methyl/N-ethyl adjacent to an activating group) is 1. The van der Waals surface area contributed by atoms with E-state index in [0.717, 1.165) is 43.0 Å². The predicted octanol–water partition coefficient (Wildman–Crippen LogP) is 1.44. The second-order valence-electron chi connectivity index (χ2n) is 6.88. The number of carbonyl (C=O) groups excluding carboxylic acids is 1. The van der Waals surface area contributed by atoms with Crippen molar-refractivity contribution in [3.63, 3.8) is 0 Å². The molecule has 26 heavy (non-hydrogen) atoms. The highest BCUT2D eigenvalue weighted by molar-refractivity contribution is 5.93. The number of carbonyl (C=O) groups is 1. The van der Waals surface area contributed by atoms with Gasteiger partial charge in [0.15, 0.2) is 5.65 Å². The lowest BCUT2D eigenvalue weighted by Crippen LogP contribution is -2.49. The van der Waals surface area contributed by atoms with Crippen LogP contribution in [0, 0.1) is 0 Å². The Morgan fingerprint density at radius 2 is 2.19 bits per heavy atom. The van der Waals surface area contributed by atoms with E-state index >= 15 is 0 Å². The van der Waals surface area contributed by atoms with E-state index in [4.69, 9.17) is 4.98 Å². The van der Waals surface area contributed by atoms with Crippen LogP contribution in [0.15, 0.2) is 30.7 Å². The van der Waals surface area contributed by atoms with E-state index in [1.807, 2.05) is 42.7 Å². The fourth-order valence-electron chi connectivity index (χ4n) is 3.65. The lowest BCUT2D eigenvalue weighted by molar-refractivity contribution is 0.0717. The molecule has 0 radical (unpaired) electrons. The number of fused-ring (bicyclic) bond motifs is 1. The fraction of sp³-hybridized carbons (Fsp3) is 0.444. The third kappa shape index (κ3) is 2.81. The first-order valence-corrected chi connectivity index (χ1v) is 8.83. The normalized spacial score (nSPS) is 17.7. The Hall–Kier alpha value is -2.90. The molecule has 4 rings (SSSR count). The van der Waals surface area contributed by atoms with Crippen molar-refractivity contribution >= 4 is 23.0 Å². The van der Waals surface area contributed by atoms with E-state index in [-0.39, 0.29) is 11.9 Å². The zero-order valence-corrected chi connectivity index (χ0v) is 15.3. The number of aromatic nitrogens is 5. The molecule has 3 aromatic heterocycles. The van der Waals surface area contributed by atoms with Crippen molar-refractivity contribution in [1.82, 2.24) is 29.2 Å². The Balaban J connectivity index is 1.55. The number of aryl methyl sites for hydroxylation is 2. The second kappa shape index (κ2) is 6.44. The average Bonchev–Trinajstić information content (AvgIpc) is 3.25. The van der Waals surface area contributed by atoms with E-state index in [9.17, 15) is 4.79 Å². The molecule has 0 aliphatic carbocycles. The summed E-state index contributed by atoms with van der Waals surface area (Å²) in [5, 5.41) is 4.10. The first-order valence-electron chi connectivity index (χ1n) is 8.83. The molecule has 0 bridgehead atoms. The van der Waals surface area contributed by atoms with Crippen LogP contribution >= 0.6 is 0 Å². The van der Waals surface area contributed by atoms with Crippen LogP contribution in [0.3, 0.4) is 0 Å². The number of amides is 1. The van der Waals surface area contributed by atoms with E-state index in [1.54, 1.807) is 23.3 Å². The molecule has 1 amide bonds. The maximum Gasteiger partial charge on any atom is 0.257 e. The third-order valence-electron chi connectivity index (χ3n) is 5.10. The van der Waals surface area contributed by atoms with Gasteiger partial charge in [-0.2, -0.15) is 5.10 Å². The van der Waals surface area contributed by atoms with Gasteiger partial charge < -0.3 is 9.80 Å². The molecule has 136 valence electrons. The van der Waals surface area contributed by atoms with Gasteiger partial charge in [0.05, 0.1) is 11.8 Å². The van der Waals surface area contributed by atoms with Gasteiger partial charge in [-0.15, -0.1) is 0 Å². The SMILES string of the molecule is CN(C(=O)c1cnn(C)c1)C1CCCN(c2nc3cccnc3n2C)C1. The number of hydrogen-bond donors (Lipinski definition) is 0. The van der Waals surface area contributed by atoms with Gasteiger partial charge in [0.1, 0.15) is 5.52 Å². The van der Waals surface area contributed by atoms with E-state index in [0.29, 0.717) is 5.56 Å². The van der Waals surface area contributed by atoms with E-state index in [2.05, 4.69) is 15.0 Å². The molecule has 0 saturated carbocycles. The van der Waals surface area contributed by atoms with Gasteiger partial charge >= 0.3 is 0 Å². The molecular weight excluding hydrogens is 330 g/mol. The highest BCUT2D eigenvalue weighted by Crippen LogP contribution is 2.24. The second-order valence-corrected chi connectivity index (χ2v) is 6.88. The van der Waals surface area contributed by atoms with Gasteiger partial charge in [-0.05, 0) is 25.0 Å². The zero-order valence-electron chi connectivity index (χ0n) is 15.3. The largest absolute Gasteiger partial charge is 0.340 e. The first-order chi connectivity index (χ1) is 12.5. The molecule has 1 fully saturated rings. The minimum absolute atomic E-state index is 0.0108. The molecule has 8 nitrogen and oxygen atoms in total. The lowest BCUT2D eigenvalue weighted by atomic mass is 10.0. The predicted molar refractivity (Wildman–Crippen MR) is 99.0 cm³/mol. The molecule has 3 aromatic rings. The Morgan fingerprint density at radius 1 is 1.35 bits per heavy atom. The number of pyridine rings is 1. The van der Waals surface area contributed by atoms with Crippen molar-refractivity contribution in [2.24, 2.45) is 14.1 Å². The third-order valence-corrected chi connectivity index (χ3v) is 5.10. The zero-order chi connectivity index (χ0) is 18.3. The summed E-state index contributed by atoms with van der Waals surface area (Å²) in [7, 11) is 5.69. The molecule has 1 atom stereocenters. The lowest BCUT2D eigenvalue weighted by Gasteiger charge is -2.37. The molecule has 4 heterocycles. The maximum atomic E-state index is 12.7. The van der Waals surface area contributed by atoms with Crippen LogP contribution in [-0.2, 0) is 14.1 Å². The van der Waals surface area contributed by atoms with Crippen LogP contribution in [0.5, 0.6) is 0 Å². The molecule has 1 unspecified atom stereocenters. The molecule has 8 heteroatoms. The Morgan fingerprint density at radius 3 is 2.92 bits per heavy atom. The highest BCUT2D eigenvalue weighted by Gasteiger charge is 2.29. The van der Waals surface area contributed by atoms with Crippen LogP contribution in [0.25, 0.3) is 11.2 Å². The topological polar surface area (TPSA) is 72.1 Å². The van der Waals surface area contributed by atoms with Crippen LogP contribution in [-0.4, -0.2) is 61.3 Å². The quantitative estimate of drug-likeness (QED) is 0.712. The van der Waals surface area contributed by atoms with Crippen molar-refractivity contribution in [1.29, 1.82) is 0 Å². The first kappa shape index (κ1) is 16.6. The Bertz CT molecular complexity index is 944. The summed E-state index contributed by atoms with van der Waals surface area (Å²) in [6, 6.07) is 4.02. The smallest absolute Gasteiger partial charge is 0.257 e. The van der Waals surface area contributed by atoms with Crippen molar-refractivity contribution in [2.45, 2.75) is 18.9 Å². The number of piperidine rings is 1. The van der Waals surface area contributed by atoms with Crippen LogP contribution in [0.1, 0.15) is 23.2 Å². The molecule has 1 saturated heterocycles. The van der Waals surface area contributed by atoms with Gasteiger partial charge in [0, 0.05) is 52.7 Å². The van der Waals surface area contributed by atoms with Crippen molar-refractivity contribution in [3.05, 3.63) is 36.3 Å². The van der Waals surface area contributed by atoms with Crippen molar-refractivity contribution < 1.29 is 4.79 Å². The van der Waals surface area contributed by atoms with Gasteiger partial charge in [-0.3, -0.25) is 14.0 Å². The Kier molecular flexibility index (Phi) is 4.10. The summed E-state index contributed by atoms with van der Waals surface area (Å²) in [5.41, 5.74) is 2.40. The van der Waals surface area contributed by atoms with Gasteiger partial charge in [-0.1, -0.05) is 0 Å². The average molecular weight is 353 g/mol. The molecule has 0 spiro atoms. The highest BCUT2D eigenvalue weighted by atomic mass is 16.2. The number of rotatable bonds is 3. The molecule has 1 aliphatic rings. The minimum atomic E-state index is 0.0108. The standard InChI is InChI=1S/C18H23N7O/c1-22-11-13(10-20-22)17(26)23(2)14-6-5-9-25(12-14)18-21-15-7-4-8-19-16(15)24(18)3/h4,7-8,10-11,14H,5-6,9,12H2,1-3H3. The van der Waals surface area contributed by atoms with Crippen LogP contribution < -0.4 is 4.90 Å². The number of imidazole rings is 1. The van der Waals surface area contributed by atoms with E-state index in [1.165, 1.54) is 0 Å².